The minimum atomic E-state index is -4.21. The summed E-state index contributed by atoms with van der Waals surface area (Å²) in [7, 11) is -2.70. The number of methoxy groups -OCH3 is 1. The smallest absolute Gasteiger partial charge is 0.325 e. The molecule has 1 saturated heterocycles. The monoisotopic (exact) mass is 390 g/mol. The van der Waals surface area contributed by atoms with Gasteiger partial charge in [-0.1, -0.05) is 13.5 Å². The van der Waals surface area contributed by atoms with Gasteiger partial charge in [-0.25, -0.2) is 0 Å². The van der Waals surface area contributed by atoms with Crippen molar-refractivity contribution in [1.82, 2.24) is 10.2 Å². The van der Waals surface area contributed by atoms with E-state index >= 15 is 0 Å². The van der Waals surface area contributed by atoms with Crippen molar-refractivity contribution in [1.29, 1.82) is 0 Å². The first-order valence-electron chi connectivity index (χ1n) is 8.38. The second-order valence-corrected chi connectivity index (χ2v) is 8.52. The van der Waals surface area contributed by atoms with Crippen LogP contribution in [-0.4, -0.2) is 64.5 Å². The van der Waals surface area contributed by atoms with Crippen LogP contribution in [0.3, 0.4) is 0 Å². The van der Waals surface area contributed by atoms with E-state index in [0.29, 0.717) is 5.82 Å². The molecule has 1 fully saturated rings. The molecule has 0 aliphatic carbocycles. The van der Waals surface area contributed by atoms with E-state index in [4.69, 9.17) is 14.2 Å². The van der Waals surface area contributed by atoms with Gasteiger partial charge in [-0.05, 0) is 19.8 Å². The van der Waals surface area contributed by atoms with Crippen molar-refractivity contribution >= 4 is 13.5 Å². The fourth-order valence-electron chi connectivity index (χ4n) is 3.27. The summed E-state index contributed by atoms with van der Waals surface area (Å²) >= 11 is 0. The predicted octanol–water partition coefficient (Wildman–Crippen LogP) is 0.750. The van der Waals surface area contributed by atoms with Crippen LogP contribution in [0.5, 0.6) is 0 Å². The highest BCUT2D eigenvalue weighted by Gasteiger charge is 2.51. The Morgan fingerprint density at radius 1 is 1.38 bits per heavy atom. The quantitative estimate of drug-likeness (QED) is 0.545. The molecule has 1 amide bonds. The summed E-state index contributed by atoms with van der Waals surface area (Å²) in [6, 6.07) is 0. The molecule has 2 rings (SSSR count). The Kier molecular flexibility index (Phi) is 6.65. The Morgan fingerprint density at radius 3 is 2.54 bits per heavy atom. The predicted molar refractivity (Wildman–Crippen MR) is 93.8 cm³/mol. The SMILES string of the molecule is C=C1NC(=O)C=CN1[C@@H]1O[C@H]([C@H](C)CP(=O)(O)O)[C@H](OC(C)C)C1OC. The van der Waals surface area contributed by atoms with Crippen molar-refractivity contribution in [3.63, 3.8) is 0 Å². The van der Waals surface area contributed by atoms with Gasteiger partial charge in [0, 0.05) is 19.4 Å². The number of ether oxygens (including phenoxy) is 3. The molecule has 3 N–H and O–H groups in total. The average Bonchev–Trinajstić information content (AvgIpc) is 2.83. The third kappa shape index (κ3) is 4.94. The van der Waals surface area contributed by atoms with E-state index in [2.05, 4.69) is 11.9 Å². The van der Waals surface area contributed by atoms with Crippen LogP contribution in [0.15, 0.2) is 24.7 Å². The topological polar surface area (TPSA) is 118 Å². The first-order chi connectivity index (χ1) is 12.0. The molecule has 0 aromatic rings. The lowest BCUT2D eigenvalue weighted by atomic mass is 9.99. The lowest BCUT2D eigenvalue weighted by molar-refractivity contribution is -0.119. The standard InChI is InChI=1S/C16H27N2O7P/c1-9(2)24-14-13(10(3)8-26(20,21)22)25-16(15(14)23-5)18-7-6-12(19)17-11(18)4/h6-7,9-10,13-16H,4,8H2,1-3,5H3,(H,17,19)(H2,20,21,22)/t10-,13-,14+,15?,16-/m1/s1. The molecule has 2 heterocycles. The van der Waals surface area contributed by atoms with Crippen LogP contribution in [0.2, 0.25) is 0 Å². The zero-order valence-corrected chi connectivity index (χ0v) is 16.3. The van der Waals surface area contributed by atoms with Gasteiger partial charge in [-0.15, -0.1) is 0 Å². The highest BCUT2D eigenvalue weighted by Crippen LogP contribution is 2.42. The van der Waals surface area contributed by atoms with Crippen molar-refractivity contribution in [2.24, 2.45) is 5.92 Å². The Labute approximate surface area is 153 Å². The van der Waals surface area contributed by atoms with Crippen LogP contribution < -0.4 is 5.32 Å². The summed E-state index contributed by atoms with van der Waals surface area (Å²) in [5.41, 5.74) is 0. The maximum atomic E-state index is 11.5. The molecule has 10 heteroatoms. The molecule has 1 unspecified atom stereocenters. The molecule has 0 aromatic heterocycles. The van der Waals surface area contributed by atoms with Gasteiger partial charge >= 0.3 is 7.60 Å². The Bertz CT molecular complexity index is 618. The van der Waals surface area contributed by atoms with Crippen LogP contribution in [-0.2, 0) is 23.6 Å². The van der Waals surface area contributed by atoms with E-state index < -0.39 is 38.1 Å². The van der Waals surface area contributed by atoms with Crippen LogP contribution in [0.25, 0.3) is 0 Å². The third-order valence-electron chi connectivity index (χ3n) is 4.25. The average molecular weight is 390 g/mol. The van der Waals surface area contributed by atoms with Crippen LogP contribution in [0, 0.1) is 5.92 Å². The van der Waals surface area contributed by atoms with Crippen LogP contribution in [0.4, 0.5) is 0 Å². The van der Waals surface area contributed by atoms with Crippen molar-refractivity contribution in [3.05, 3.63) is 24.7 Å². The van der Waals surface area contributed by atoms with Crippen molar-refractivity contribution in [3.8, 4) is 0 Å². The summed E-state index contributed by atoms with van der Waals surface area (Å²) in [6.45, 7) is 9.25. The third-order valence-corrected chi connectivity index (χ3v) is 5.30. The Morgan fingerprint density at radius 2 is 2.04 bits per heavy atom. The largest absolute Gasteiger partial charge is 0.374 e. The van der Waals surface area contributed by atoms with E-state index in [1.807, 2.05) is 13.8 Å². The number of nitrogens with one attached hydrogen (secondary N) is 1. The van der Waals surface area contributed by atoms with Gasteiger partial charge in [-0.2, -0.15) is 0 Å². The molecule has 0 saturated carbocycles. The van der Waals surface area contributed by atoms with Crippen molar-refractivity contribution in [2.75, 3.05) is 13.3 Å². The van der Waals surface area contributed by atoms with Gasteiger partial charge < -0.3 is 34.2 Å². The van der Waals surface area contributed by atoms with E-state index in [0.717, 1.165) is 0 Å². The molecule has 148 valence electrons. The van der Waals surface area contributed by atoms with Gasteiger partial charge in [0.25, 0.3) is 5.91 Å². The minimum absolute atomic E-state index is 0.135. The van der Waals surface area contributed by atoms with E-state index in [-0.39, 0.29) is 18.2 Å². The molecule has 9 nitrogen and oxygen atoms in total. The summed E-state index contributed by atoms with van der Waals surface area (Å²) < 4.78 is 29.1. The molecule has 5 atom stereocenters. The van der Waals surface area contributed by atoms with Gasteiger partial charge in [0.2, 0.25) is 0 Å². The molecule has 0 aromatic carbocycles. The van der Waals surface area contributed by atoms with E-state index in [1.165, 1.54) is 13.2 Å². The van der Waals surface area contributed by atoms with E-state index in [9.17, 15) is 19.1 Å². The highest BCUT2D eigenvalue weighted by atomic mass is 31.2. The van der Waals surface area contributed by atoms with Gasteiger partial charge in [-0.3, -0.25) is 9.36 Å². The molecule has 0 spiro atoms. The molecular formula is C16H27N2O7P. The fraction of sp³-hybridized carbons (Fsp3) is 0.688. The second-order valence-electron chi connectivity index (χ2n) is 6.82. The summed E-state index contributed by atoms with van der Waals surface area (Å²) in [5, 5.41) is 2.59. The normalized spacial score (nSPS) is 30.8. The number of rotatable bonds is 7. The van der Waals surface area contributed by atoms with Gasteiger partial charge in [0.05, 0.1) is 18.4 Å². The molecule has 2 aliphatic heterocycles. The lowest BCUT2D eigenvalue weighted by Crippen LogP contribution is -2.48. The lowest BCUT2D eigenvalue weighted by Gasteiger charge is -2.34. The number of hydrogen-bond donors (Lipinski definition) is 3. The summed E-state index contributed by atoms with van der Waals surface area (Å²) in [5.74, 6) is -0.436. The number of amides is 1. The van der Waals surface area contributed by atoms with Crippen molar-refractivity contribution < 1.29 is 33.4 Å². The molecular weight excluding hydrogens is 363 g/mol. The maximum absolute atomic E-state index is 11.5. The minimum Gasteiger partial charge on any atom is -0.374 e. The van der Waals surface area contributed by atoms with Gasteiger partial charge in [0.1, 0.15) is 18.0 Å². The van der Waals surface area contributed by atoms with Crippen LogP contribution in [0.1, 0.15) is 20.8 Å². The van der Waals surface area contributed by atoms with Gasteiger partial charge in [0.15, 0.2) is 6.23 Å². The number of nitrogens with zero attached hydrogens (tertiary/aromatic N) is 1. The maximum Gasteiger partial charge on any atom is 0.325 e. The Balaban J connectivity index is 2.30. The number of hydrogen-bond acceptors (Lipinski definition) is 6. The molecule has 2 aliphatic rings. The first-order valence-corrected chi connectivity index (χ1v) is 10.2. The first kappa shape index (κ1) is 21.1. The number of carbonyl (C=O) groups excluding carboxylic acids is 1. The zero-order chi connectivity index (χ0) is 19.6. The fourth-order valence-corrected chi connectivity index (χ4v) is 4.23. The highest BCUT2D eigenvalue weighted by molar-refractivity contribution is 7.51. The van der Waals surface area contributed by atoms with E-state index in [1.54, 1.807) is 18.0 Å². The van der Waals surface area contributed by atoms with Crippen LogP contribution >= 0.6 is 7.60 Å². The molecule has 26 heavy (non-hydrogen) atoms. The number of carbonyl (C=O) groups is 1. The summed E-state index contributed by atoms with van der Waals surface area (Å²) in [4.78, 5) is 31.7. The molecule has 0 radical (unpaired) electrons. The summed E-state index contributed by atoms with van der Waals surface area (Å²) in [6.07, 6.45) is 0.0892. The zero-order valence-electron chi connectivity index (χ0n) is 15.4. The second kappa shape index (κ2) is 8.21. The molecule has 0 bridgehead atoms. The Hall–Kier alpha value is -1.22. The van der Waals surface area contributed by atoms with Crippen molar-refractivity contribution in [2.45, 2.75) is 51.4 Å².